The lowest BCUT2D eigenvalue weighted by molar-refractivity contribution is 0.224. The summed E-state index contributed by atoms with van der Waals surface area (Å²) in [5.41, 5.74) is 4.95. The van der Waals surface area contributed by atoms with Crippen molar-refractivity contribution in [2.45, 2.75) is 157 Å². The predicted octanol–water partition coefficient (Wildman–Crippen LogP) is 12.0. The standard InChI is InChI=1S/C36H60N2O2P2/c1-31(2,3)25-19-21-29(27(23-25)33(7,8)9)39-41-37(35(13,14)15)42(38(41)36(16,17)18)40-30-22-20-26(32(4,5)6)24-28(30)34(10,11)12/h19-24H,1-18H3. The fourth-order valence-electron chi connectivity index (χ4n) is 4.94. The summed E-state index contributed by atoms with van der Waals surface area (Å²) in [5, 5.41) is 0. The highest BCUT2D eigenvalue weighted by Crippen LogP contribution is 2.81. The van der Waals surface area contributed by atoms with Gasteiger partial charge < -0.3 is 9.05 Å². The Balaban J connectivity index is 2.11. The van der Waals surface area contributed by atoms with Crippen LogP contribution in [-0.4, -0.2) is 20.0 Å². The molecule has 0 saturated carbocycles. The van der Waals surface area contributed by atoms with E-state index in [9.17, 15) is 0 Å². The lowest BCUT2D eigenvalue weighted by Gasteiger charge is -2.60. The largest absolute Gasteiger partial charge is 0.444 e. The molecule has 2 aromatic rings. The van der Waals surface area contributed by atoms with Gasteiger partial charge in [0.1, 0.15) is 11.5 Å². The number of nitrogens with zero attached hydrogens (tertiary/aromatic N) is 2. The predicted molar refractivity (Wildman–Crippen MR) is 186 cm³/mol. The van der Waals surface area contributed by atoms with Crippen LogP contribution in [0.15, 0.2) is 36.4 Å². The van der Waals surface area contributed by atoms with E-state index in [4.69, 9.17) is 9.05 Å². The van der Waals surface area contributed by atoms with Gasteiger partial charge in [-0.2, -0.15) is 8.88 Å². The molecule has 0 amide bonds. The molecule has 4 nitrogen and oxygen atoms in total. The highest BCUT2D eigenvalue weighted by molar-refractivity contribution is 7.78. The lowest BCUT2D eigenvalue weighted by Crippen LogP contribution is -2.55. The molecule has 0 unspecified atom stereocenters. The van der Waals surface area contributed by atoms with E-state index in [0.29, 0.717) is 0 Å². The van der Waals surface area contributed by atoms with Crippen LogP contribution in [0, 0.1) is 0 Å². The highest BCUT2D eigenvalue weighted by Gasteiger charge is 2.61. The van der Waals surface area contributed by atoms with Crippen molar-refractivity contribution in [3.05, 3.63) is 58.7 Å². The van der Waals surface area contributed by atoms with Crippen LogP contribution in [0.3, 0.4) is 0 Å². The van der Waals surface area contributed by atoms with Gasteiger partial charge in [-0.3, -0.25) is 0 Å². The lowest BCUT2D eigenvalue weighted by atomic mass is 9.80. The molecule has 236 valence electrons. The maximum atomic E-state index is 7.14. The molecule has 42 heavy (non-hydrogen) atoms. The Bertz CT molecular complexity index is 1150. The van der Waals surface area contributed by atoms with Gasteiger partial charge in [-0.05, 0) is 86.5 Å². The number of rotatable bonds is 4. The normalized spacial score (nSPS) is 20.0. The molecule has 1 aliphatic heterocycles. The maximum absolute atomic E-state index is 7.14. The number of benzene rings is 2. The monoisotopic (exact) mass is 614 g/mol. The molecular weight excluding hydrogens is 554 g/mol. The molecule has 1 saturated heterocycles. The van der Waals surface area contributed by atoms with Crippen molar-refractivity contribution in [1.29, 1.82) is 0 Å². The van der Waals surface area contributed by atoms with Gasteiger partial charge in [0.15, 0.2) is 0 Å². The van der Waals surface area contributed by atoms with E-state index in [0.717, 1.165) is 11.5 Å². The van der Waals surface area contributed by atoms with Gasteiger partial charge in [0.25, 0.3) is 16.9 Å². The van der Waals surface area contributed by atoms with Crippen molar-refractivity contribution < 1.29 is 9.05 Å². The third kappa shape index (κ3) is 7.72. The van der Waals surface area contributed by atoms with Crippen LogP contribution in [0.25, 0.3) is 0 Å². The molecule has 0 N–H and O–H groups in total. The first-order valence-electron chi connectivity index (χ1n) is 15.5. The quantitative estimate of drug-likeness (QED) is 0.320. The van der Waals surface area contributed by atoms with E-state index in [2.05, 4.69) is 170 Å². The molecule has 6 heteroatoms. The SMILES string of the molecule is CC(C)(C)c1ccc(OP2N(C(C)(C)C)P(Oc3ccc(C(C)(C)C)cc3C(C)(C)C)N2C(C)(C)C)c(C(C)(C)C)c1. The van der Waals surface area contributed by atoms with Crippen molar-refractivity contribution >= 4 is 16.9 Å². The van der Waals surface area contributed by atoms with Gasteiger partial charge in [0, 0.05) is 22.2 Å². The van der Waals surface area contributed by atoms with Crippen molar-refractivity contribution in [3.63, 3.8) is 0 Å². The summed E-state index contributed by atoms with van der Waals surface area (Å²) >= 11 is 0. The minimum absolute atomic E-state index is 0.0481. The van der Waals surface area contributed by atoms with Crippen molar-refractivity contribution in [3.8, 4) is 11.5 Å². The average Bonchev–Trinajstić information content (AvgIpc) is 2.73. The van der Waals surface area contributed by atoms with Crippen LogP contribution >= 0.6 is 16.9 Å². The zero-order valence-corrected chi connectivity index (χ0v) is 31.9. The minimum atomic E-state index is -1.11. The molecule has 2 aromatic carbocycles. The van der Waals surface area contributed by atoms with Gasteiger partial charge in [0.2, 0.25) is 0 Å². The second-order valence-electron chi connectivity index (χ2n) is 18.0. The summed E-state index contributed by atoms with van der Waals surface area (Å²) in [7, 11) is -2.21. The van der Waals surface area contributed by atoms with Gasteiger partial charge in [0.05, 0.1) is 0 Å². The summed E-state index contributed by atoms with van der Waals surface area (Å²) in [4.78, 5) is 0. The summed E-state index contributed by atoms with van der Waals surface area (Å²) in [6.07, 6.45) is 0. The molecule has 0 aliphatic carbocycles. The molecule has 1 heterocycles. The third-order valence-corrected chi connectivity index (χ3v) is 13.8. The van der Waals surface area contributed by atoms with Gasteiger partial charge >= 0.3 is 0 Å². The Kier molecular flexibility index (Phi) is 9.51. The summed E-state index contributed by atoms with van der Waals surface area (Å²) in [6, 6.07) is 13.6. The second kappa shape index (κ2) is 11.3. The average molecular weight is 615 g/mol. The number of hydrogen-bond acceptors (Lipinski definition) is 4. The van der Waals surface area contributed by atoms with Gasteiger partial charge in [-0.1, -0.05) is 107 Å². The van der Waals surface area contributed by atoms with E-state index in [1.54, 1.807) is 0 Å². The van der Waals surface area contributed by atoms with Crippen LogP contribution in [0.2, 0.25) is 0 Å². The summed E-state index contributed by atoms with van der Waals surface area (Å²) < 4.78 is 19.3. The molecule has 0 radical (unpaired) electrons. The fourth-order valence-corrected chi connectivity index (χ4v) is 10.2. The molecule has 0 aromatic heterocycles. The van der Waals surface area contributed by atoms with Gasteiger partial charge in [-0.25, -0.2) is 0 Å². The minimum Gasteiger partial charge on any atom is -0.444 e. The summed E-state index contributed by atoms with van der Waals surface area (Å²) in [5.74, 6) is 1.95. The third-order valence-electron chi connectivity index (χ3n) is 7.52. The van der Waals surface area contributed by atoms with Crippen molar-refractivity contribution in [1.82, 2.24) is 8.88 Å². The zero-order chi connectivity index (χ0) is 32.4. The molecular formula is C36H60N2O2P2. The molecule has 0 atom stereocenters. The first-order chi connectivity index (χ1) is 18.6. The zero-order valence-electron chi connectivity index (χ0n) is 30.1. The Morgan fingerprint density at radius 3 is 0.929 bits per heavy atom. The highest BCUT2D eigenvalue weighted by atomic mass is 31.3. The summed E-state index contributed by atoms with van der Waals surface area (Å²) in [6.45, 7) is 41.0. The fraction of sp³-hybridized carbons (Fsp3) is 0.667. The van der Waals surface area contributed by atoms with Crippen LogP contribution in [-0.2, 0) is 21.7 Å². The first kappa shape index (κ1) is 35.3. The van der Waals surface area contributed by atoms with Gasteiger partial charge in [-0.15, -0.1) is 0 Å². The smallest absolute Gasteiger partial charge is 0.264 e. The second-order valence-corrected chi connectivity index (χ2v) is 21.6. The Morgan fingerprint density at radius 2 is 0.714 bits per heavy atom. The van der Waals surface area contributed by atoms with Crippen LogP contribution in [0.4, 0.5) is 0 Å². The molecule has 1 fully saturated rings. The van der Waals surface area contributed by atoms with E-state index in [1.165, 1.54) is 22.3 Å². The molecule has 3 rings (SSSR count). The first-order valence-corrected chi connectivity index (χ1v) is 17.8. The maximum Gasteiger partial charge on any atom is 0.264 e. The topological polar surface area (TPSA) is 24.9 Å². The van der Waals surface area contributed by atoms with E-state index in [1.807, 2.05) is 0 Å². The van der Waals surface area contributed by atoms with Crippen LogP contribution in [0.1, 0.15) is 147 Å². The van der Waals surface area contributed by atoms with Crippen molar-refractivity contribution in [2.75, 3.05) is 0 Å². The molecule has 0 spiro atoms. The van der Waals surface area contributed by atoms with Crippen molar-refractivity contribution in [2.24, 2.45) is 0 Å². The van der Waals surface area contributed by atoms with E-state index in [-0.39, 0.29) is 32.7 Å². The van der Waals surface area contributed by atoms with E-state index < -0.39 is 16.9 Å². The molecule has 0 bridgehead atoms. The Hall–Kier alpha value is -1.18. The molecule has 1 aliphatic rings. The Morgan fingerprint density at radius 1 is 0.429 bits per heavy atom. The van der Waals surface area contributed by atoms with Crippen LogP contribution < -0.4 is 9.05 Å². The number of hydrogen-bond donors (Lipinski definition) is 0. The Labute approximate surface area is 261 Å². The van der Waals surface area contributed by atoms with Crippen LogP contribution in [0.5, 0.6) is 11.5 Å². The van der Waals surface area contributed by atoms with E-state index >= 15 is 0 Å².